The molecule has 0 radical (unpaired) electrons. The zero-order valence-corrected chi connectivity index (χ0v) is 10.8. The molecule has 0 N–H and O–H groups in total. The Morgan fingerprint density at radius 2 is 1.56 bits per heavy atom. The summed E-state index contributed by atoms with van der Waals surface area (Å²) in [4.78, 5) is 11.1. The zero-order valence-electron chi connectivity index (χ0n) is 9.33. The molecule has 0 saturated carbocycles. The highest BCUT2D eigenvalue weighted by molar-refractivity contribution is 6.31. The van der Waals surface area contributed by atoms with Gasteiger partial charge in [0, 0.05) is 0 Å². The van der Waals surface area contributed by atoms with Gasteiger partial charge in [-0.05, 0) is 44.0 Å². The SMILES string of the molecule is CC(C)(C)OCCOc1nc(Cl)nc(Cl)n1. The number of rotatable bonds is 4. The predicted molar refractivity (Wildman–Crippen MR) is 61.0 cm³/mol. The molecule has 0 amide bonds. The first-order chi connectivity index (χ1) is 7.37. The first kappa shape index (κ1) is 13.4. The van der Waals surface area contributed by atoms with E-state index in [1.54, 1.807) is 0 Å². The Kier molecular flexibility index (Phi) is 4.70. The summed E-state index contributed by atoms with van der Waals surface area (Å²) in [6.45, 7) is 6.65. The van der Waals surface area contributed by atoms with Crippen LogP contribution in [0.2, 0.25) is 10.6 Å². The molecule has 0 unspecified atom stereocenters. The van der Waals surface area contributed by atoms with Crippen molar-refractivity contribution in [1.29, 1.82) is 0 Å². The van der Waals surface area contributed by atoms with Gasteiger partial charge in [-0.15, -0.1) is 0 Å². The van der Waals surface area contributed by atoms with E-state index in [0.717, 1.165) is 0 Å². The molecular weight excluding hydrogens is 253 g/mol. The molecule has 0 aromatic carbocycles. The Hall–Kier alpha value is -0.650. The lowest BCUT2D eigenvalue weighted by molar-refractivity contribution is -0.0174. The van der Waals surface area contributed by atoms with Gasteiger partial charge in [0.2, 0.25) is 10.6 Å². The minimum Gasteiger partial charge on any atom is -0.461 e. The van der Waals surface area contributed by atoms with Crippen molar-refractivity contribution >= 4 is 23.2 Å². The largest absolute Gasteiger partial charge is 0.461 e. The molecule has 0 aliphatic rings. The lowest BCUT2D eigenvalue weighted by atomic mass is 10.2. The number of hydrogen-bond donors (Lipinski definition) is 0. The number of nitrogens with zero attached hydrogens (tertiary/aromatic N) is 3. The van der Waals surface area contributed by atoms with E-state index in [9.17, 15) is 0 Å². The third kappa shape index (κ3) is 5.44. The first-order valence-electron chi connectivity index (χ1n) is 4.71. The van der Waals surface area contributed by atoms with Crippen molar-refractivity contribution < 1.29 is 9.47 Å². The van der Waals surface area contributed by atoms with Gasteiger partial charge in [0.1, 0.15) is 6.61 Å². The minimum atomic E-state index is -0.197. The Labute approximate surface area is 104 Å². The second kappa shape index (κ2) is 5.61. The van der Waals surface area contributed by atoms with Gasteiger partial charge in [-0.1, -0.05) is 0 Å². The second-order valence-electron chi connectivity index (χ2n) is 3.97. The van der Waals surface area contributed by atoms with E-state index < -0.39 is 0 Å². The smallest absolute Gasteiger partial charge is 0.322 e. The molecule has 0 fully saturated rings. The summed E-state index contributed by atoms with van der Waals surface area (Å²) in [6, 6.07) is 0.0995. The van der Waals surface area contributed by atoms with Crippen LogP contribution in [0, 0.1) is 0 Å². The highest BCUT2D eigenvalue weighted by atomic mass is 35.5. The third-order valence-corrected chi connectivity index (χ3v) is 1.75. The van der Waals surface area contributed by atoms with Crippen molar-refractivity contribution in [3.8, 4) is 6.01 Å². The summed E-state index contributed by atoms with van der Waals surface area (Å²) < 4.78 is 10.7. The predicted octanol–water partition coefficient (Wildman–Crippen LogP) is 2.37. The van der Waals surface area contributed by atoms with Crippen LogP contribution in [0.25, 0.3) is 0 Å². The molecule has 90 valence electrons. The average molecular weight is 266 g/mol. The van der Waals surface area contributed by atoms with E-state index in [2.05, 4.69) is 15.0 Å². The summed E-state index contributed by atoms with van der Waals surface area (Å²) >= 11 is 11.2. The molecule has 5 nitrogen and oxygen atoms in total. The van der Waals surface area contributed by atoms with Crippen molar-refractivity contribution in [2.45, 2.75) is 26.4 Å². The van der Waals surface area contributed by atoms with Crippen molar-refractivity contribution in [3.05, 3.63) is 10.6 Å². The number of halogens is 2. The first-order valence-corrected chi connectivity index (χ1v) is 5.46. The molecule has 7 heteroatoms. The maximum Gasteiger partial charge on any atom is 0.322 e. The fraction of sp³-hybridized carbons (Fsp3) is 0.667. The molecule has 0 atom stereocenters. The molecule has 16 heavy (non-hydrogen) atoms. The standard InChI is InChI=1S/C9H13Cl2N3O2/c1-9(2,3)16-5-4-15-8-13-6(10)12-7(11)14-8/h4-5H2,1-3H3. The highest BCUT2D eigenvalue weighted by Crippen LogP contribution is 2.11. The van der Waals surface area contributed by atoms with Gasteiger partial charge < -0.3 is 9.47 Å². The lowest BCUT2D eigenvalue weighted by Gasteiger charge is -2.19. The van der Waals surface area contributed by atoms with Crippen LogP contribution in [0.1, 0.15) is 20.8 Å². The third-order valence-electron chi connectivity index (χ3n) is 1.41. The van der Waals surface area contributed by atoms with Gasteiger partial charge in [-0.3, -0.25) is 0 Å². The number of aromatic nitrogens is 3. The van der Waals surface area contributed by atoms with Gasteiger partial charge >= 0.3 is 6.01 Å². The van der Waals surface area contributed by atoms with Gasteiger partial charge in [-0.2, -0.15) is 15.0 Å². The molecule has 0 aliphatic heterocycles. The Morgan fingerprint density at radius 1 is 1.00 bits per heavy atom. The van der Waals surface area contributed by atoms with Crippen molar-refractivity contribution in [1.82, 2.24) is 15.0 Å². The molecule has 0 spiro atoms. The lowest BCUT2D eigenvalue weighted by Crippen LogP contribution is -2.22. The van der Waals surface area contributed by atoms with Crippen molar-refractivity contribution in [3.63, 3.8) is 0 Å². The van der Waals surface area contributed by atoms with Crippen molar-refractivity contribution in [2.75, 3.05) is 13.2 Å². The molecule has 1 heterocycles. The van der Waals surface area contributed by atoms with Crippen LogP contribution in [-0.4, -0.2) is 33.8 Å². The van der Waals surface area contributed by atoms with Gasteiger partial charge in [0.25, 0.3) is 0 Å². The van der Waals surface area contributed by atoms with Crippen LogP contribution in [0.3, 0.4) is 0 Å². The fourth-order valence-electron chi connectivity index (χ4n) is 0.854. The van der Waals surface area contributed by atoms with Crippen LogP contribution >= 0.6 is 23.2 Å². The number of hydrogen-bond acceptors (Lipinski definition) is 5. The van der Waals surface area contributed by atoms with Crippen LogP contribution < -0.4 is 4.74 Å². The van der Waals surface area contributed by atoms with E-state index in [-0.39, 0.29) is 22.2 Å². The Bertz CT molecular complexity index is 335. The summed E-state index contributed by atoms with van der Waals surface area (Å²) in [5, 5.41) is 0.0125. The minimum absolute atomic E-state index is 0.00624. The normalized spacial score (nSPS) is 11.6. The molecule has 1 rings (SSSR count). The number of ether oxygens (including phenoxy) is 2. The Morgan fingerprint density at radius 3 is 2.06 bits per heavy atom. The van der Waals surface area contributed by atoms with E-state index in [4.69, 9.17) is 32.7 Å². The molecule has 0 saturated heterocycles. The van der Waals surface area contributed by atoms with Crippen molar-refractivity contribution in [2.24, 2.45) is 0 Å². The summed E-state index contributed by atoms with van der Waals surface area (Å²) in [6.07, 6.45) is 0. The summed E-state index contributed by atoms with van der Waals surface area (Å²) in [5.41, 5.74) is -0.197. The summed E-state index contributed by atoms with van der Waals surface area (Å²) in [5.74, 6) is 0. The van der Waals surface area contributed by atoms with Crippen LogP contribution in [0.15, 0.2) is 0 Å². The van der Waals surface area contributed by atoms with Gasteiger partial charge in [-0.25, -0.2) is 0 Å². The van der Waals surface area contributed by atoms with E-state index in [0.29, 0.717) is 13.2 Å². The average Bonchev–Trinajstić information content (AvgIpc) is 2.09. The maximum absolute atomic E-state index is 5.58. The maximum atomic E-state index is 5.58. The van der Waals surface area contributed by atoms with Gasteiger partial charge in [0.05, 0.1) is 12.2 Å². The van der Waals surface area contributed by atoms with E-state index in [1.165, 1.54) is 0 Å². The summed E-state index contributed by atoms with van der Waals surface area (Å²) in [7, 11) is 0. The monoisotopic (exact) mass is 265 g/mol. The Balaban J connectivity index is 2.37. The van der Waals surface area contributed by atoms with Gasteiger partial charge in [0.15, 0.2) is 0 Å². The molecular formula is C9H13Cl2N3O2. The van der Waals surface area contributed by atoms with E-state index >= 15 is 0 Å². The molecule has 1 aromatic rings. The molecule has 1 aromatic heterocycles. The second-order valence-corrected chi connectivity index (χ2v) is 4.64. The van der Waals surface area contributed by atoms with Crippen LogP contribution in [-0.2, 0) is 4.74 Å². The van der Waals surface area contributed by atoms with E-state index in [1.807, 2.05) is 20.8 Å². The fourth-order valence-corrected chi connectivity index (χ4v) is 1.20. The zero-order chi connectivity index (χ0) is 12.2. The molecule has 0 bridgehead atoms. The topological polar surface area (TPSA) is 57.1 Å². The highest BCUT2D eigenvalue weighted by Gasteiger charge is 2.10. The quantitative estimate of drug-likeness (QED) is 0.783. The van der Waals surface area contributed by atoms with Crippen LogP contribution in [0.5, 0.6) is 6.01 Å². The van der Waals surface area contributed by atoms with Crippen LogP contribution in [0.4, 0.5) is 0 Å². The molecule has 0 aliphatic carbocycles.